The molecule has 3 heteroatoms. The minimum Gasteiger partial charge on any atom is -0.487 e. The Morgan fingerprint density at radius 3 is 2.74 bits per heavy atom. The summed E-state index contributed by atoms with van der Waals surface area (Å²) in [5, 5.41) is 0. The highest BCUT2D eigenvalue weighted by Gasteiger charge is 2.09. The number of nitrogens with zero attached hydrogens (tertiary/aromatic N) is 1. The van der Waals surface area contributed by atoms with Gasteiger partial charge in [0.05, 0.1) is 5.69 Å². The summed E-state index contributed by atoms with van der Waals surface area (Å²) in [4.78, 5) is 4.23. The van der Waals surface area contributed by atoms with Crippen LogP contribution < -0.4 is 10.5 Å². The van der Waals surface area contributed by atoms with E-state index in [2.05, 4.69) is 23.2 Å². The summed E-state index contributed by atoms with van der Waals surface area (Å²) in [6, 6.07) is 12.0. The van der Waals surface area contributed by atoms with Gasteiger partial charge in [-0.1, -0.05) is 12.1 Å². The summed E-state index contributed by atoms with van der Waals surface area (Å²) in [7, 11) is 0. The van der Waals surface area contributed by atoms with Crippen molar-refractivity contribution in [3.63, 3.8) is 0 Å². The Labute approximate surface area is 113 Å². The van der Waals surface area contributed by atoms with Crippen LogP contribution in [0, 0.1) is 0 Å². The van der Waals surface area contributed by atoms with E-state index < -0.39 is 0 Å². The monoisotopic (exact) mass is 254 g/mol. The molecule has 0 atom stereocenters. The highest BCUT2D eigenvalue weighted by Crippen LogP contribution is 2.25. The van der Waals surface area contributed by atoms with Crippen LogP contribution in [-0.2, 0) is 19.4 Å². The summed E-state index contributed by atoms with van der Waals surface area (Å²) in [5.74, 6) is 1.46. The molecule has 98 valence electrons. The third-order valence-corrected chi connectivity index (χ3v) is 3.53. The number of aryl methyl sites for hydroxylation is 2. The Morgan fingerprint density at radius 2 is 1.89 bits per heavy atom. The maximum Gasteiger partial charge on any atom is 0.130 e. The van der Waals surface area contributed by atoms with E-state index in [1.807, 2.05) is 12.1 Å². The maximum absolute atomic E-state index is 5.80. The molecule has 0 bridgehead atoms. The molecular formula is C16H18N2O. The van der Waals surface area contributed by atoms with Crippen LogP contribution in [0.2, 0.25) is 0 Å². The molecule has 1 aromatic heterocycles. The van der Waals surface area contributed by atoms with Crippen molar-refractivity contribution in [3.05, 3.63) is 53.2 Å². The van der Waals surface area contributed by atoms with Crippen molar-refractivity contribution in [1.29, 1.82) is 0 Å². The zero-order valence-electron chi connectivity index (χ0n) is 10.9. The molecule has 1 aliphatic carbocycles. The number of fused-ring (bicyclic) bond motifs is 1. The molecule has 1 aliphatic rings. The van der Waals surface area contributed by atoms with Crippen LogP contribution in [0.1, 0.15) is 29.7 Å². The highest BCUT2D eigenvalue weighted by molar-refractivity contribution is 5.37. The minimum atomic E-state index is 0.462. The fraction of sp³-hybridized carbons (Fsp3) is 0.312. The molecule has 0 fully saturated rings. The predicted octanol–water partition coefficient (Wildman–Crippen LogP) is 3.12. The van der Waals surface area contributed by atoms with E-state index in [0.29, 0.717) is 12.4 Å². The molecule has 2 N–H and O–H groups in total. The third kappa shape index (κ3) is 2.87. The van der Waals surface area contributed by atoms with Crippen molar-refractivity contribution in [3.8, 4) is 5.75 Å². The quantitative estimate of drug-likeness (QED) is 0.915. The number of benzene rings is 1. The molecular weight excluding hydrogens is 236 g/mol. The van der Waals surface area contributed by atoms with Gasteiger partial charge in [0.2, 0.25) is 0 Å². The summed E-state index contributed by atoms with van der Waals surface area (Å²) >= 11 is 0. The van der Waals surface area contributed by atoms with Gasteiger partial charge >= 0.3 is 0 Å². The van der Waals surface area contributed by atoms with E-state index in [-0.39, 0.29) is 0 Å². The number of aromatic nitrogens is 1. The van der Waals surface area contributed by atoms with Gasteiger partial charge in [-0.2, -0.15) is 0 Å². The van der Waals surface area contributed by atoms with E-state index in [0.717, 1.165) is 11.4 Å². The van der Waals surface area contributed by atoms with Crippen LogP contribution in [0.5, 0.6) is 5.75 Å². The second-order valence-electron chi connectivity index (χ2n) is 4.98. The van der Waals surface area contributed by atoms with Crippen molar-refractivity contribution in [2.75, 3.05) is 5.73 Å². The van der Waals surface area contributed by atoms with E-state index in [4.69, 9.17) is 10.5 Å². The molecule has 3 rings (SSSR count). The molecule has 1 heterocycles. The third-order valence-electron chi connectivity index (χ3n) is 3.53. The van der Waals surface area contributed by atoms with Crippen molar-refractivity contribution in [2.45, 2.75) is 32.3 Å². The highest BCUT2D eigenvalue weighted by atomic mass is 16.5. The number of pyridine rings is 1. The van der Waals surface area contributed by atoms with Gasteiger partial charge in [0.15, 0.2) is 0 Å². The standard InChI is InChI=1S/C16H18N2O/c17-16-7-3-6-14(18-16)11-19-15-9-8-12-4-1-2-5-13(12)10-15/h3,6-10H,1-2,4-5,11H2,(H2,17,18). The van der Waals surface area contributed by atoms with Gasteiger partial charge in [-0.05, 0) is 61.1 Å². The number of hydrogen-bond donors (Lipinski definition) is 1. The van der Waals surface area contributed by atoms with Gasteiger partial charge < -0.3 is 10.5 Å². The first-order chi connectivity index (χ1) is 9.31. The lowest BCUT2D eigenvalue weighted by Crippen LogP contribution is -2.04. The van der Waals surface area contributed by atoms with E-state index in [1.54, 1.807) is 6.07 Å². The average Bonchev–Trinajstić information content (AvgIpc) is 2.45. The summed E-state index contributed by atoms with van der Waals surface area (Å²) in [6.45, 7) is 0.462. The number of rotatable bonds is 3. The SMILES string of the molecule is Nc1cccc(COc2ccc3c(c2)CCCC3)n1. The molecule has 3 nitrogen and oxygen atoms in total. The largest absolute Gasteiger partial charge is 0.487 e. The van der Waals surface area contributed by atoms with Gasteiger partial charge in [0, 0.05) is 0 Å². The normalized spacial score (nSPS) is 13.9. The molecule has 0 aliphatic heterocycles. The number of nitrogen functional groups attached to an aromatic ring is 1. The molecule has 19 heavy (non-hydrogen) atoms. The topological polar surface area (TPSA) is 48.1 Å². The average molecular weight is 254 g/mol. The van der Waals surface area contributed by atoms with Crippen LogP contribution in [0.15, 0.2) is 36.4 Å². The van der Waals surface area contributed by atoms with Gasteiger partial charge in [-0.15, -0.1) is 0 Å². The Bertz CT molecular complexity index is 581. The van der Waals surface area contributed by atoms with Crippen molar-refractivity contribution in [2.24, 2.45) is 0 Å². The van der Waals surface area contributed by atoms with Gasteiger partial charge in [-0.25, -0.2) is 4.98 Å². The second kappa shape index (κ2) is 5.31. The molecule has 1 aromatic carbocycles. The van der Waals surface area contributed by atoms with E-state index >= 15 is 0 Å². The lowest BCUT2D eigenvalue weighted by Gasteiger charge is -2.16. The van der Waals surface area contributed by atoms with Crippen molar-refractivity contribution in [1.82, 2.24) is 4.98 Å². The first-order valence-electron chi connectivity index (χ1n) is 6.77. The van der Waals surface area contributed by atoms with Crippen molar-refractivity contribution >= 4 is 5.82 Å². The molecule has 0 radical (unpaired) electrons. The second-order valence-corrected chi connectivity index (χ2v) is 4.98. The summed E-state index contributed by atoms with van der Waals surface area (Å²) < 4.78 is 5.80. The fourth-order valence-electron chi connectivity index (χ4n) is 2.54. The summed E-state index contributed by atoms with van der Waals surface area (Å²) in [6.07, 6.45) is 4.96. The lowest BCUT2D eigenvalue weighted by atomic mass is 9.92. The first-order valence-corrected chi connectivity index (χ1v) is 6.77. The van der Waals surface area contributed by atoms with Gasteiger partial charge in [-0.3, -0.25) is 0 Å². The Morgan fingerprint density at radius 1 is 1.05 bits per heavy atom. The number of hydrogen-bond acceptors (Lipinski definition) is 3. The fourth-order valence-corrected chi connectivity index (χ4v) is 2.54. The van der Waals surface area contributed by atoms with E-state index in [9.17, 15) is 0 Å². The number of nitrogens with two attached hydrogens (primary N) is 1. The molecule has 0 saturated carbocycles. The number of anilines is 1. The van der Waals surface area contributed by atoms with Crippen LogP contribution in [0.25, 0.3) is 0 Å². The maximum atomic E-state index is 5.80. The van der Waals surface area contributed by atoms with Gasteiger partial charge in [0.1, 0.15) is 18.2 Å². The van der Waals surface area contributed by atoms with Crippen LogP contribution >= 0.6 is 0 Å². The molecule has 0 spiro atoms. The summed E-state index contributed by atoms with van der Waals surface area (Å²) in [5.41, 5.74) is 9.42. The van der Waals surface area contributed by atoms with Crippen LogP contribution in [-0.4, -0.2) is 4.98 Å². The zero-order chi connectivity index (χ0) is 13.1. The lowest BCUT2D eigenvalue weighted by molar-refractivity contribution is 0.301. The van der Waals surface area contributed by atoms with Crippen molar-refractivity contribution < 1.29 is 4.74 Å². The van der Waals surface area contributed by atoms with Crippen LogP contribution in [0.4, 0.5) is 5.82 Å². The predicted molar refractivity (Wildman–Crippen MR) is 76.1 cm³/mol. The van der Waals surface area contributed by atoms with Gasteiger partial charge in [0.25, 0.3) is 0 Å². The Hall–Kier alpha value is -2.03. The molecule has 2 aromatic rings. The van der Waals surface area contributed by atoms with Crippen LogP contribution in [0.3, 0.4) is 0 Å². The first kappa shape index (κ1) is 12.0. The molecule has 0 amide bonds. The van der Waals surface area contributed by atoms with E-state index in [1.165, 1.54) is 36.8 Å². The Kier molecular flexibility index (Phi) is 3.36. The zero-order valence-corrected chi connectivity index (χ0v) is 10.9. The minimum absolute atomic E-state index is 0.462. The Balaban J connectivity index is 1.70. The number of ether oxygens (including phenoxy) is 1. The molecule has 0 saturated heterocycles. The molecule has 0 unspecified atom stereocenters. The smallest absolute Gasteiger partial charge is 0.130 e.